The van der Waals surface area contributed by atoms with Crippen molar-refractivity contribution in [2.75, 3.05) is 26.8 Å². The number of aromatic carboxylic acids is 1. The average Bonchev–Trinajstić information content (AvgIpc) is 2.81. The summed E-state index contributed by atoms with van der Waals surface area (Å²) in [5, 5.41) is 17.6. The maximum Gasteiger partial charge on any atom is 0.352 e. The van der Waals surface area contributed by atoms with E-state index < -0.39 is 16.0 Å². The monoisotopic (exact) mass is 315 g/mol. The zero-order valence-electron chi connectivity index (χ0n) is 11.8. The lowest BCUT2D eigenvalue weighted by atomic mass is 10.4. The van der Waals surface area contributed by atoms with Crippen molar-refractivity contribution in [2.45, 2.75) is 11.3 Å². The molecule has 1 aromatic rings. The van der Waals surface area contributed by atoms with E-state index in [1.165, 1.54) is 24.9 Å². The van der Waals surface area contributed by atoms with Crippen molar-refractivity contribution in [3.8, 4) is 6.07 Å². The second kappa shape index (κ2) is 7.21. The summed E-state index contributed by atoms with van der Waals surface area (Å²) in [6.07, 6.45) is 1.28. The van der Waals surface area contributed by atoms with Gasteiger partial charge < -0.3 is 14.4 Å². The third-order valence-corrected chi connectivity index (χ3v) is 4.72. The minimum atomic E-state index is -3.86. The van der Waals surface area contributed by atoms with Gasteiger partial charge in [0.2, 0.25) is 10.0 Å². The van der Waals surface area contributed by atoms with Crippen LogP contribution in [0.3, 0.4) is 0 Å². The van der Waals surface area contributed by atoms with E-state index in [0.29, 0.717) is 0 Å². The number of sulfonamides is 1. The summed E-state index contributed by atoms with van der Waals surface area (Å²) in [7, 11) is -0.962. The van der Waals surface area contributed by atoms with Crippen LogP contribution in [0.2, 0.25) is 0 Å². The molecule has 0 spiro atoms. The van der Waals surface area contributed by atoms with Crippen LogP contribution in [0.1, 0.15) is 16.9 Å². The zero-order chi connectivity index (χ0) is 16.0. The fraction of sp³-hybridized carbons (Fsp3) is 0.500. The topological polar surface area (TPSA) is 113 Å². The highest BCUT2D eigenvalue weighted by Crippen LogP contribution is 2.19. The smallest absolute Gasteiger partial charge is 0.352 e. The first kappa shape index (κ1) is 17.2. The highest BCUT2D eigenvalue weighted by atomic mass is 32.2. The fourth-order valence-electron chi connectivity index (χ4n) is 1.76. The Morgan fingerprint density at radius 1 is 1.52 bits per heavy atom. The van der Waals surface area contributed by atoms with Gasteiger partial charge in [0, 0.05) is 39.9 Å². The molecule has 1 aromatic heterocycles. The van der Waals surface area contributed by atoms with Gasteiger partial charge in [0.25, 0.3) is 0 Å². The van der Waals surface area contributed by atoms with Crippen LogP contribution in [0, 0.1) is 11.3 Å². The number of carbonyl (C=O) groups is 1. The molecule has 21 heavy (non-hydrogen) atoms. The highest BCUT2D eigenvalue weighted by molar-refractivity contribution is 7.89. The lowest BCUT2D eigenvalue weighted by Gasteiger charge is -2.19. The first-order valence-corrected chi connectivity index (χ1v) is 7.54. The molecule has 1 rings (SSSR count). The second-order valence-corrected chi connectivity index (χ2v) is 6.22. The van der Waals surface area contributed by atoms with E-state index in [9.17, 15) is 13.2 Å². The standard InChI is InChI=1S/C12H17N3O5S/c1-14-9-10(8-11(14)12(16)17)21(18,19)15(5-3-4-13)6-7-20-2/h8-9H,3,5-7H2,1-2H3,(H,16,17). The quantitative estimate of drug-likeness (QED) is 0.737. The fourth-order valence-corrected chi connectivity index (χ4v) is 3.25. The van der Waals surface area contributed by atoms with E-state index in [4.69, 9.17) is 15.1 Å². The van der Waals surface area contributed by atoms with Crippen LogP contribution in [-0.2, 0) is 21.8 Å². The SMILES string of the molecule is COCCN(CCC#N)S(=O)(=O)c1cc(C(=O)O)n(C)c1. The summed E-state index contributed by atoms with van der Waals surface area (Å²) in [5.74, 6) is -1.21. The van der Waals surface area contributed by atoms with Crippen LogP contribution in [0.4, 0.5) is 0 Å². The van der Waals surface area contributed by atoms with Crippen molar-refractivity contribution in [3.63, 3.8) is 0 Å². The third-order valence-electron chi connectivity index (χ3n) is 2.85. The number of carboxylic acids is 1. The van der Waals surface area contributed by atoms with E-state index in [-0.39, 0.29) is 36.7 Å². The van der Waals surface area contributed by atoms with Crippen LogP contribution in [0.5, 0.6) is 0 Å². The van der Waals surface area contributed by atoms with Crippen LogP contribution in [0.15, 0.2) is 17.2 Å². The molecule has 0 aliphatic heterocycles. The number of hydrogen-bond donors (Lipinski definition) is 1. The Kier molecular flexibility index (Phi) is 5.90. The van der Waals surface area contributed by atoms with Gasteiger partial charge in [-0.15, -0.1) is 0 Å². The maximum absolute atomic E-state index is 12.5. The molecule has 9 heteroatoms. The lowest BCUT2D eigenvalue weighted by molar-refractivity contribution is 0.0686. The number of methoxy groups -OCH3 is 1. The van der Waals surface area contributed by atoms with Crippen LogP contribution >= 0.6 is 0 Å². The lowest BCUT2D eigenvalue weighted by Crippen LogP contribution is -2.34. The molecule has 0 atom stereocenters. The Hall–Kier alpha value is -1.89. The minimum Gasteiger partial charge on any atom is -0.477 e. The largest absolute Gasteiger partial charge is 0.477 e. The predicted molar refractivity (Wildman–Crippen MR) is 73.2 cm³/mol. The third kappa shape index (κ3) is 4.04. The summed E-state index contributed by atoms with van der Waals surface area (Å²) >= 11 is 0. The molecule has 8 nitrogen and oxygen atoms in total. The van der Waals surface area contributed by atoms with E-state index in [0.717, 1.165) is 10.4 Å². The number of aromatic nitrogens is 1. The Morgan fingerprint density at radius 2 is 2.19 bits per heavy atom. The van der Waals surface area contributed by atoms with Gasteiger partial charge in [-0.3, -0.25) is 0 Å². The molecule has 116 valence electrons. The molecule has 0 bridgehead atoms. The molecule has 0 saturated heterocycles. The van der Waals surface area contributed by atoms with Crippen molar-refractivity contribution in [2.24, 2.45) is 7.05 Å². The molecule has 0 unspecified atom stereocenters. The number of aryl methyl sites for hydroxylation is 1. The maximum atomic E-state index is 12.5. The van der Waals surface area contributed by atoms with Gasteiger partial charge in [-0.05, 0) is 6.07 Å². The van der Waals surface area contributed by atoms with Gasteiger partial charge in [0.05, 0.1) is 12.7 Å². The highest BCUT2D eigenvalue weighted by Gasteiger charge is 2.27. The van der Waals surface area contributed by atoms with Gasteiger partial charge in [-0.2, -0.15) is 9.57 Å². The van der Waals surface area contributed by atoms with Gasteiger partial charge in [-0.25, -0.2) is 13.2 Å². The Morgan fingerprint density at radius 3 is 2.67 bits per heavy atom. The minimum absolute atomic E-state index is 0.0273. The van der Waals surface area contributed by atoms with Crippen molar-refractivity contribution >= 4 is 16.0 Å². The van der Waals surface area contributed by atoms with Crippen molar-refractivity contribution in [1.82, 2.24) is 8.87 Å². The number of nitrogens with zero attached hydrogens (tertiary/aromatic N) is 3. The average molecular weight is 315 g/mol. The van der Waals surface area contributed by atoms with Crippen LogP contribution < -0.4 is 0 Å². The van der Waals surface area contributed by atoms with Gasteiger partial charge in [-0.1, -0.05) is 0 Å². The molecule has 1 N–H and O–H groups in total. The first-order valence-electron chi connectivity index (χ1n) is 6.10. The number of nitriles is 1. The molecule has 0 aromatic carbocycles. The van der Waals surface area contributed by atoms with Gasteiger partial charge in [0.1, 0.15) is 10.6 Å². The first-order chi connectivity index (χ1) is 9.84. The van der Waals surface area contributed by atoms with Gasteiger partial charge in [0.15, 0.2) is 0 Å². The summed E-state index contributed by atoms with van der Waals surface area (Å²) in [4.78, 5) is 10.9. The van der Waals surface area contributed by atoms with Gasteiger partial charge >= 0.3 is 5.97 Å². The molecule has 0 radical (unpaired) electrons. The molecular formula is C12H17N3O5S. The molecule has 0 aliphatic carbocycles. The van der Waals surface area contributed by atoms with Crippen LogP contribution in [-0.4, -0.2) is 55.2 Å². The summed E-state index contributed by atoms with van der Waals surface area (Å²) in [5.41, 5.74) is -0.124. The molecule has 0 fully saturated rings. The molecule has 0 aliphatic rings. The molecule has 0 saturated carbocycles. The molecular weight excluding hydrogens is 298 g/mol. The Bertz CT molecular complexity index is 644. The number of rotatable bonds is 8. The van der Waals surface area contributed by atoms with E-state index >= 15 is 0 Å². The van der Waals surface area contributed by atoms with Crippen molar-refractivity contribution in [1.29, 1.82) is 5.26 Å². The summed E-state index contributed by atoms with van der Waals surface area (Å²) in [6.45, 7) is 0.306. The number of carboxylic acid groups (broad SMARTS) is 1. The molecule has 0 amide bonds. The van der Waals surface area contributed by atoms with Crippen molar-refractivity contribution in [3.05, 3.63) is 18.0 Å². The summed E-state index contributed by atoms with van der Waals surface area (Å²) < 4.78 is 32.2. The predicted octanol–water partition coefficient (Wildman–Crippen LogP) is 0.274. The van der Waals surface area contributed by atoms with E-state index in [1.54, 1.807) is 0 Å². The number of ether oxygens (including phenoxy) is 1. The number of hydrogen-bond acceptors (Lipinski definition) is 5. The second-order valence-electron chi connectivity index (χ2n) is 4.28. The summed E-state index contributed by atoms with van der Waals surface area (Å²) in [6, 6.07) is 2.99. The molecule has 1 heterocycles. The van der Waals surface area contributed by atoms with E-state index in [2.05, 4.69) is 0 Å². The van der Waals surface area contributed by atoms with Crippen molar-refractivity contribution < 1.29 is 23.1 Å². The normalized spacial score (nSPS) is 11.5. The zero-order valence-corrected chi connectivity index (χ0v) is 12.6. The Labute approximate surface area is 123 Å². The van der Waals surface area contributed by atoms with Crippen LogP contribution in [0.25, 0.3) is 0 Å². The Balaban J connectivity index is 3.12. The van der Waals surface area contributed by atoms with E-state index in [1.807, 2.05) is 6.07 Å².